The normalized spacial score (nSPS) is 10.5. The number of carbonyl (C=O) groups is 1. The van der Waals surface area contributed by atoms with Gasteiger partial charge in [-0.3, -0.25) is 9.78 Å². The van der Waals surface area contributed by atoms with Crippen molar-refractivity contribution in [3.63, 3.8) is 0 Å². The van der Waals surface area contributed by atoms with Crippen molar-refractivity contribution in [1.29, 1.82) is 0 Å². The van der Waals surface area contributed by atoms with Gasteiger partial charge in [0.2, 0.25) is 0 Å². The van der Waals surface area contributed by atoms with Crippen molar-refractivity contribution in [2.45, 2.75) is 33.6 Å². The van der Waals surface area contributed by atoms with Crippen LogP contribution in [0.15, 0.2) is 60.7 Å². The van der Waals surface area contributed by atoms with E-state index in [0.717, 1.165) is 30.0 Å². The lowest BCUT2D eigenvalue weighted by Gasteiger charge is -2.11. The number of hydrogen-bond donors (Lipinski definition) is 1. The lowest BCUT2D eigenvalue weighted by molar-refractivity contribution is 0.102. The molecule has 0 fully saturated rings. The molecule has 0 saturated heterocycles. The van der Waals surface area contributed by atoms with Gasteiger partial charge in [-0.25, -0.2) is 0 Å². The number of carbonyl (C=O) groups excluding carboxylic acids is 1. The third-order valence-corrected chi connectivity index (χ3v) is 4.38. The summed E-state index contributed by atoms with van der Waals surface area (Å²) >= 11 is 0. The van der Waals surface area contributed by atoms with Crippen LogP contribution in [0, 0.1) is 6.92 Å². The van der Waals surface area contributed by atoms with Crippen molar-refractivity contribution in [2.24, 2.45) is 0 Å². The van der Waals surface area contributed by atoms with Crippen LogP contribution >= 0.6 is 0 Å². The van der Waals surface area contributed by atoms with Crippen molar-refractivity contribution >= 4 is 11.6 Å². The molecule has 1 aromatic heterocycles. The van der Waals surface area contributed by atoms with E-state index < -0.39 is 0 Å². The number of anilines is 1. The van der Waals surface area contributed by atoms with E-state index in [9.17, 15) is 4.79 Å². The molecule has 3 aromatic rings. The number of hydrogen-bond acceptors (Lipinski definition) is 3. The van der Waals surface area contributed by atoms with Crippen LogP contribution in [0.2, 0.25) is 0 Å². The van der Waals surface area contributed by atoms with Crippen LogP contribution in [0.1, 0.15) is 41.2 Å². The number of aryl methyl sites for hydroxylation is 3. The summed E-state index contributed by atoms with van der Waals surface area (Å²) in [5.74, 6) is 1.29. The van der Waals surface area contributed by atoms with E-state index >= 15 is 0 Å². The SMILES string of the molecule is CCc1cccc(Oc2cccc(NC(=O)c3ccc(CC)nc3C)c2)c1. The smallest absolute Gasteiger partial charge is 0.257 e. The van der Waals surface area contributed by atoms with Crippen LogP contribution in [0.5, 0.6) is 11.5 Å². The maximum absolute atomic E-state index is 12.6. The number of pyridine rings is 1. The molecule has 4 nitrogen and oxygen atoms in total. The fourth-order valence-electron chi connectivity index (χ4n) is 2.85. The molecule has 0 radical (unpaired) electrons. The van der Waals surface area contributed by atoms with Crippen LogP contribution in [-0.2, 0) is 12.8 Å². The van der Waals surface area contributed by atoms with E-state index in [-0.39, 0.29) is 5.91 Å². The minimum atomic E-state index is -0.173. The monoisotopic (exact) mass is 360 g/mol. The second-order valence-electron chi connectivity index (χ2n) is 6.37. The second kappa shape index (κ2) is 8.49. The maximum atomic E-state index is 12.6. The fourth-order valence-corrected chi connectivity index (χ4v) is 2.85. The molecule has 1 N–H and O–H groups in total. The summed E-state index contributed by atoms with van der Waals surface area (Å²) in [6, 6.07) is 19.1. The molecule has 0 aliphatic carbocycles. The topological polar surface area (TPSA) is 51.2 Å². The van der Waals surface area contributed by atoms with Gasteiger partial charge in [-0.05, 0) is 61.7 Å². The Hall–Kier alpha value is -3.14. The summed E-state index contributed by atoms with van der Waals surface area (Å²) in [6.07, 6.45) is 1.80. The van der Waals surface area contributed by atoms with Crippen LogP contribution in [0.3, 0.4) is 0 Å². The molecule has 0 bridgehead atoms. The first-order valence-corrected chi connectivity index (χ1v) is 9.23. The first-order chi connectivity index (χ1) is 13.1. The molecule has 0 aliphatic rings. The molecule has 0 aliphatic heterocycles. The summed E-state index contributed by atoms with van der Waals surface area (Å²) in [5, 5.41) is 2.93. The molecular formula is C23H24N2O2. The van der Waals surface area contributed by atoms with E-state index in [2.05, 4.69) is 23.3 Å². The summed E-state index contributed by atoms with van der Waals surface area (Å²) in [5.41, 5.74) is 4.19. The summed E-state index contributed by atoms with van der Waals surface area (Å²) in [7, 11) is 0. The summed E-state index contributed by atoms with van der Waals surface area (Å²) in [4.78, 5) is 17.1. The zero-order chi connectivity index (χ0) is 19.2. The number of nitrogens with one attached hydrogen (secondary N) is 1. The van der Waals surface area contributed by atoms with Crippen molar-refractivity contribution in [1.82, 2.24) is 4.98 Å². The van der Waals surface area contributed by atoms with E-state index in [1.54, 1.807) is 0 Å². The van der Waals surface area contributed by atoms with E-state index in [1.165, 1.54) is 5.56 Å². The Morgan fingerprint density at radius 1 is 0.963 bits per heavy atom. The van der Waals surface area contributed by atoms with Gasteiger partial charge in [-0.1, -0.05) is 32.0 Å². The number of rotatable bonds is 6. The van der Waals surface area contributed by atoms with Gasteiger partial charge in [-0.2, -0.15) is 0 Å². The van der Waals surface area contributed by atoms with Crippen LogP contribution < -0.4 is 10.1 Å². The molecular weight excluding hydrogens is 336 g/mol. The van der Waals surface area contributed by atoms with Gasteiger partial charge in [0.05, 0.1) is 11.3 Å². The number of benzene rings is 2. The highest BCUT2D eigenvalue weighted by Gasteiger charge is 2.11. The highest BCUT2D eigenvalue weighted by atomic mass is 16.5. The van der Waals surface area contributed by atoms with Crippen molar-refractivity contribution in [3.8, 4) is 11.5 Å². The van der Waals surface area contributed by atoms with Gasteiger partial charge < -0.3 is 10.1 Å². The molecule has 2 aromatic carbocycles. The van der Waals surface area contributed by atoms with E-state index in [0.29, 0.717) is 17.0 Å². The molecule has 1 amide bonds. The quantitative estimate of drug-likeness (QED) is 0.626. The highest BCUT2D eigenvalue weighted by Crippen LogP contribution is 2.25. The van der Waals surface area contributed by atoms with Gasteiger partial charge in [0.1, 0.15) is 11.5 Å². The van der Waals surface area contributed by atoms with Gasteiger partial charge in [0, 0.05) is 17.4 Å². The maximum Gasteiger partial charge on any atom is 0.257 e. The first kappa shape index (κ1) is 18.6. The highest BCUT2D eigenvalue weighted by molar-refractivity contribution is 6.05. The van der Waals surface area contributed by atoms with Gasteiger partial charge in [-0.15, -0.1) is 0 Å². The fraction of sp³-hybridized carbons (Fsp3) is 0.217. The van der Waals surface area contributed by atoms with Crippen molar-refractivity contribution in [3.05, 3.63) is 83.2 Å². The lowest BCUT2D eigenvalue weighted by atomic mass is 10.1. The number of amides is 1. The minimum absolute atomic E-state index is 0.173. The van der Waals surface area contributed by atoms with Crippen molar-refractivity contribution in [2.75, 3.05) is 5.32 Å². The zero-order valence-corrected chi connectivity index (χ0v) is 16.0. The Balaban J connectivity index is 1.74. The van der Waals surface area contributed by atoms with Crippen molar-refractivity contribution < 1.29 is 9.53 Å². The number of aromatic nitrogens is 1. The molecule has 4 heteroatoms. The molecule has 0 spiro atoms. The standard InChI is InChI=1S/C23H24N2O2/c1-4-17-8-6-10-20(14-17)27-21-11-7-9-19(15-21)25-23(26)22-13-12-18(5-2)24-16(22)3/h6-15H,4-5H2,1-3H3,(H,25,26). The van der Waals surface area contributed by atoms with Crippen LogP contribution in [0.25, 0.3) is 0 Å². The molecule has 0 atom stereocenters. The Kier molecular flexibility index (Phi) is 5.87. The molecule has 0 unspecified atom stereocenters. The first-order valence-electron chi connectivity index (χ1n) is 9.23. The Morgan fingerprint density at radius 2 is 1.70 bits per heavy atom. The predicted octanol–water partition coefficient (Wildman–Crippen LogP) is 5.56. The Bertz CT molecular complexity index is 951. The lowest BCUT2D eigenvalue weighted by Crippen LogP contribution is -2.14. The summed E-state index contributed by atoms with van der Waals surface area (Å²) < 4.78 is 5.94. The number of nitrogens with zero attached hydrogens (tertiary/aromatic N) is 1. The summed E-state index contributed by atoms with van der Waals surface area (Å²) in [6.45, 7) is 6.01. The third-order valence-electron chi connectivity index (χ3n) is 4.38. The van der Waals surface area contributed by atoms with E-state index in [4.69, 9.17) is 4.74 Å². The van der Waals surface area contributed by atoms with Crippen LogP contribution in [-0.4, -0.2) is 10.9 Å². The zero-order valence-electron chi connectivity index (χ0n) is 16.0. The minimum Gasteiger partial charge on any atom is -0.457 e. The van der Waals surface area contributed by atoms with Gasteiger partial charge in [0.25, 0.3) is 5.91 Å². The predicted molar refractivity (Wildman–Crippen MR) is 109 cm³/mol. The third kappa shape index (κ3) is 4.73. The molecule has 3 rings (SSSR count). The Labute approximate surface area is 160 Å². The average molecular weight is 360 g/mol. The largest absolute Gasteiger partial charge is 0.457 e. The van der Waals surface area contributed by atoms with Crippen LogP contribution in [0.4, 0.5) is 5.69 Å². The molecule has 27 heavy (non-hydrogen) atoms. The molecule has 138 valence electrons. The van der Waals surface area contributed by atoms with E-state index in [1.807, 2.05) is 68.4 Å². The average Bonchev–Trinajstić information content (AvgIpc) is 2.68. The van der Waals surface area contributed by atoms with Gasteiger partial charge in [0.15, 0.2) is 0 Å². The Morgan fingerprint density at radius 3 is 2.41 bits per heavy atom. The van der Waals surface area contributed by atoms with Gasteiger partial charge >= 0.3 is 0 Å². The second-order valence-corrected chi connectivity index (χ2v) is 6.37. The molecule has 0 saturated carbocycles. The number of ether oxygens (including phenoxy) is 1. The molecule has 1 heterocycles.